The molecule has 0 unspecified atom stereocenters. The van der Waals surface area contributed by atoms with Crippen LogP contribution in [0.15, 0.2) is 0 Å². The number of hydrogen-bond acceptors (Lipinski definition) is 2. The Morgan fingerprint density at radius 3 is 2.18 bits per heavy atom. The first-order chi connectivity index (χ1) is 5.29. The van der Waals surface area contributed by atoms with Crippen LogP contribution in [0.3, 0.4) is 0 Å². The molecule has 1 aliphatic heterocycles. The van der Waals surface area contributed by atoms with E-state index in [1.807, 2.05) is 13.8 Å². The maximum absolute atomic E-state index is 5.41. The second-order valence-electron chi connectivity index (χ2n) is 2.91. The summed E-state index contributed by atoms with van der Waals surface area (Å²) < 4.78 is 5.41. The van der Waals surface area contributed by atoms with E-state index in [9.17, 15) is 0 Å². The molecule has 1 saturated heterocycles. The molecule has 2 nitrogen and oxygen atoms in total. The van der Waals surface area contributed by atoms with Gasteiger partial charge >= 0.3 is 0 Å². The lowest BCUT2D eigenvalue weighted by Crippen LogP contribution is -2.44. The fraction of sp³-hybridized carbons (Fsp3) is 1.00. The molecule has 0 saturated carbocycles. The zero-order chi connectivity index (χ0) is 8.69. The topological polar surface area (TPSA) is 21.3 Å². The molecular weight excluding hydrogens is 138 g/mol. The summed E-state index contributed by atoms with van der Waals surface area (Å²) in [6, 6.07) is 0. The Morgan fingerprint density at radius 1 is 1.36 bits per heavy atom. The molecule has 0 aromatic rings. The van der Waals surface area contributed by atoms with E-state index < -0.39 is 0 Å². The number of nitrogens with one attached hydrogen (secondary N) is 1. The number of hydrogen-bond donors (Lipinski definition) is 1. The Labute approximate surface area is 70.3 Å². The first kappa shape index (κ1) is 10.9. The van der Waals surface area contributed by atoms with Crippen molar-refractivity contribution in [1.29, 1.82) is 0 Å². The van der Waals surface area contributed by atoms with Crippen LogP contribution in [0.5, 0.6) is 0 Å². The van der Waals surface area contributed by atoms with Crippen LogP contribution in [-0.2, 0) is 4.74 Å². The maximum Gasteiger partial charge on any atom is 0.0522 e. The largest absolute Gasteiger partial charge is 0.378 e. The fourth-order valence-electron chi connectivity index (χ4n) is 0.795. The molecule has 1 fully saturated rings. The third kappa shape index (κ3) is 5.22. The Bertz CT molecular complexity index is 79.6. The van der Waals surface area contributed by atoms with E-state index in [-0.39, 0.29) is 0 Å². The maximum atomic E-state index is 5.41. The van der Waals surface area contributed by atoms with Crippen LogP contribution < -0.4 is 5.32 Å². The Kier molecular flexibility index (Phi) is 6.57. The monoisotopic (exact) mass is 159 g/mol. The molecule has 1 rings (SSSR count). The van der Waals surface area contributed by atoms with Gasteiger partial charge in [0.05, 0.1) is 12.7 Å². The van der Waals surface area contributed by atoms with Crippen LogP contribution in [0.4, 0.5) is 0 Å². The highest BCUT2D eigenvalue weighted by Crippen LogP contribution is 2.03. The predicted molar refractivity (Wildman–Crippen MR) is 48.8 cm³/mol. The van der Waals surface area contributed by atoms with Crippen LogP contribution in [0.1, 0.15) is 27.7 Å². The number of ether oxygens (including phenoxy) is 1. The van der Waals surface area contributed by atoms with Crippen molar-refractivity contribution in [2.45, 2.75) is 33.8 Å². The molecule has 0 aromatic carbocycles. The Balaban J connectivity index is 0.000000461. The third-order valence-corrected chi connectivity index (χ3v) is 1.53. The highest BCUT2D eigenvalue weighted by molar-refractivity contribution is 4.73. The second kappa shape index (κ2) is 6.62. The van der Waals surface area contributed by atoms with Gasteiger partial charge in [-0.3, -0.25) is 0 Å². The normalized spacial score (nSPS) is 17.2. The van der Waals surface area contributed by atoms with Crippen molar-refractivity contribution in [3.8, 4) is 0 Å². The highest BCUT2D eigenvalue weighted by Gasteiger charge is 2.16. The van der Waals surface area contributed by atoms with Gasteiger partial charge in [0.15, 0.2) is 0 Å². The molecule has 0 spiro atoms. The molecule has 0 atom stereocenters. The van der Waals surface area contributed by atoms with Gasteiger partial charge in [0.1, 0.15) is 0 Å². The van der Waals surface area contributed by atoms with Gasteiger partial charge in [-0.2, -0.15) is 0 Å². The summed E-state index contributed by atoms with van der Waals surface area (Å²) in [7, 11) is 0. The molecule has 11 heavy (non-hydrogen) atoms. The average molecular weight is 159 g/mol. The summed E-state index contributed by atoms with van der Waals surface area (Å²) in [6.45, 7) is 11.4. The van der Waals surface area contributed by atoms with E-state index in [2.05, 4.69) is 19.2 Å². The lowest BCUT2D eigenvalue weighted by atomic mass is 10.1. The van der Waals surface area contributed by atoms with Crippen LogP contribution >= 0.6 is 0 Å². The summed E-state index contributed by atoms with van der Waals surface area (Å²) in [4.78, 5) is 0. The van der Waals surface area contributed by atoms with Crippen LogP contribution in [0, 0.1) is 5.92 Å². The summed E-state index contributed by atoms with van der Waals surface area (Å²) in [5.41, 5.74) is 0. The fourth-order valence-corrected chi connectivity index (χ4v) is 0.795. The summed E-state index contributed by atoms with van der Waals surface area (Å²) in [5, 5.41) is 3.20. The minimum atomic E-state index is 0.394. The molecule has 1 heterocycles. The summed E-state index contributed by atoms with van der Waals surface area (Å²) in [5.74, 6) is 0.785. The van der Waals surface area contributed by atoms with Gasteiger partial charge in [0.25, 0.3) is 0 Å². The molecule has 68 valence electrons. The van der Waals surface area contributed by atoms with Gasteiger partial charge < -0.3 is 10.1 Å². The minimum Gasteiger partial charge on any atom is -0.378 e. The van der Waals surface area contributed by atoms with Crippen LogP contribution in [0.2, 0.25) is 0 Å². The van der Waals surface area contributed by atoms with Gasteiger partial charge in [0, 0.05) is 19.0 Å². The minimum absolute atomic E-state index is 0.394. The first-order valence-corrected chi connectivity index (χ1v) is 4.61. The van der Waals surface area contributed by atoms with E-state index in [0.29, 0.717) is 6.10 Å². The van der Waals surface area contributed by atoms with E-state index in [1.54, 1.807) is 0 Å². The molecule has 2 heteroatoms. The molecule has 0 amide bonds. The van der Waals surface area contributed by atoms with Crippen molar-refractivity contribution in [1.82, 2.24) is 5.32 Å². The lowest BCUT2D eigenvalue weighted by molar-refractivity contribution is 0.0373. The van der Waals surface area contributed by atoms with Crippen LogP contribution in [-0.4, -0.2) is 25.8 Å². The molecular formula is C9H21NO. The van der Waals surface area contributed by atoms with Crippen LogP contribution in [0.25, 0.3) is 0 Å². The molecule has 0 aliphatic carbocycles. The molecule has 1 N–H and O–H groups in total. The van der Waals surface area contributed by atoms with E-state index in [0.717, 1.165) is 25.6 Å². The van der Waals surface area contributed by atoms with Gasteiger partial charge in [0.2, 0.25) is 0 Å². The van der Waals surface area contributed by atoms with Gasteiger partial charge in [-0.05, 0) is 13.8 Å². The van der Waals surface area contributed by atoms with Crippen molar-refractivity contribution < 1.29 is 4.74 Å². The highest BCUT2D eigenvalue weighted by atomic mass is 16.5. The van der Waals surface area contributed by atoms with Crippen molar-refractivity contribution in [2.75, 3.05) is 19.7 Å². The average Bonchev–Trinajstić information content (AvgIpc) is 1.88. The standard InChI is InChI=1S/C7H15NO.C2H6/c1-6(2)9-5-7-3-8-4-7;1-2/h6-8H,3-5H2,1-2H3;1-2H3. The molecule has 0 radical (unpaired) electrons. The lowest BCUT2D eigenvalue weighted by Gasteiger charge is -2.27. The van der Waals surface area contributed by atoms with Crippen molar-refractivity contribution in [3.63, 3.8) is 0 Å². The SMILES string of the molecule is CC.CC(C)OCC1CNC1. The van der Waals surface area contributed by atoms with E-state index >= 15 is 0 Å². The van der Waals surface area contributed by atoms with Gasteiger partial charge in [-0.25, -0.2) is 0 Å². The zero-order valence-electron chi connectivity index (χ0n) is 8.18. The number of rotatable bonds is 3. The second-order valence-corrected chi connectivity index (χ2v) is 2.91. The van der Waals surface area contributed by atoms with E-state index in [4.69, 9.17) is 4.74 Å². The molecule has 0 bridgehead atoms. The smallest absolute Gasteiger partial charge is 0.0522 e. The van der Waals surface area contributed by atoms with Gasteiger partial charge in [-0.15, -0.1) is 0 Å². The summed E-state index contributed by atoms with van der Waals surface area (Å²) in [6.07, 6.45) is 0.394. The third-order valence-electron chi connectivity index (χ3n) is 1.53. The molecule has 1 aliphatic rings. The molecule has 0 aromatic heterocycles. The van der Waals surface area contributed by atoms with Crippen molar-refractivity contribution in [2.24, 2.45) is 5.92 Å². The quantitative estimate of drug-likeness (QED) is 0.676. The summed E-state index contributed by atoms with van der Waals surface area (Å²) >= 11 is 0. The van der Waals surface area contributed by atoms with Gasteiger partial charge in [-0.1, -0.05) is 13.8 Å². The predicted octanol–water partition coefficient (Wildman–Crippen LogP) is 1.66. The van der Waals surface area contributed by atoms with Crippen molar-refractivity contribution >= 4 is 0 Å². The van der Waals surface area contributed by atoms with E-state index in [1.165, 1.54) is 0 Å². The zero-order valence-corrected chi connectivity index (χ0v) is 8.18. The van der Waals surface area contributed by atoms with Crippen molar-refractivity contribution in [3.05, 3.63) is 0 Å². The first-order valence-electron chi connectivity index (χ1n) is 4.61. The Hall–Kier alpha value is -0.0800. The Morgan fingerprint density at radius 2 is 1.91 bits per heavy atom.